The van der Waals surface area contributed by atoms with E-state index in [2.05, 4.69) is 9.98 Å². The number of aromatic hydroxyl groups is 1. The van der Waals surface area contributed by atoms with Crippen molar-refractivity contribution in [3.63, 3.8) is 0 Å². The first-order chi connectivity index (χ1) is 12.0. The molecule has 3 rings (SSSR count). The number of rotatable bonds is 4. The molecule has 2 heterocycles. The normalized spacial score (nSPS) is 11.3. The number of aromatic nitrogens is 2. The summed E-state index contributed by atoms with van der Waals surface area (Å²) in [6.45, 7) is 4.17. The smallest absolute Gasteiger partial charge is 0.335 e. The Balaban J connectivity index is 2.09. The van der Waals surface area contributed by atoms with Crippen molar-refractivity contribution >= 4 is 17.6 Å². The van der Waals surface area contributed by atoms with Gasteiger partial charge in [-0.1, -0.05) is 18.2 Å². The number of benzene rings is 1. The molecule has 1 aromatic carbocycles. The molecule has 0 radical (unpaired) electrons. The van der Waals surface area contributed by atoms with Gasteiger partial charge in [0.2, 0.25) is 5.88 Å². The van der Waals surface area contributed by atoms with Crippen molar-refractivity contribution in [1.82, 2.24) is 9.55 Å². The zero-order valence-corrected chi connectivity index (χ0v) is 14.6. The van der Waals surface area contributed by atoms with Crippen LogP contribution in [0.15, 0.2) is 50.3 Å². The molecule has 0 saturated heterocycles. The summed E-state index contributed by atoms with van der Waals surface area (Å²) in [4.78, 5) is 31.8. The molecular weight excluding hydrogens is 338 g/mol. The summed E-state index contributed by atoms with van der Waals surface area (Å²) in [6, 6.07) is 9.27. The predicted octanol–water partition coefficient (Wildman–Crippen LogP) is 2.53. The highest BCUT2D eigenvalue weighted by Gasteiger charge is 2.16. The average molecular weight is 355 g/mol. The fourth-order valence-corrected chi connectivity index (χ4v) is 3.12. The molecule has 0 fully saturated rings. The minimum absolute atomic E-state index is 0.0444. The fraction of sp³-hybridized carbons (Fsp3) is 0.167. The summed E-state index contributed by atoms with van der Waals surface area (Å²) in [5, 5.41) is 12.5. The van der Waals surface area contributed by atoms with Gasteiger partial charge in [0.15, 0.2) is 0 Å². The number of thiophene rings is 1. The molecule has 0 spiro atoms. The molecule has 2 aromatic heterocycles. The van der Waals surface area contributed by atoms with Crippen LogP contribution in [0.2, 0.25) is 0 Å². The number of hydrogen-bond acceptors (Lipinski definition) is 5. The summed E-state index contributed by atoms with van der Waals surface area (Å²) in [5.41, 5.74) is 0.936. The van der Waals surface area contributed by atoms with Gasteiger partial charge in [-0.25, -0.2) is 9.36 Å². The maximum absolute atomic E-state index is 12.2. The minimum atomic E-state index is -0.688. The lowest BCUT2D eigenvalue weighted by atomic mass is 10.1. The number of nitrogens with zero attached hydrogens (tertiary/aromatic N) is 2. The van der Waals surface area contributed by atoms with Crippen LogP contribution >= 0.6 is 11.3 Å². The van der Waals surface area contributed by atoms with Gasteiger partial charge < -0.3 is 5.11 Å². The van der Waals surface area contributed by atoms with Crippen LogP contribution in [0.4, 0.5) is 0 Å². The maximum Gasteiger partial charge on any atom is 0.335 e. The van der Waals surface area contributed by atoms with E-state index >= 15 is 0 Å². The highest BCUT2D eigenvalue weighted by molar-refractivity contribution is 7.09. The minimum Gasteiger partial charge on any atom is -0.493 e. The second-order valence-electron chi connectivity index (χ2n) is 5.60. The Hall–Kier alpha value is -2.93. The van der Waals surface area contributed by atoms with Gasteiger partial charge in [0, 0.05) is 11.1 Å². The van der Waals surface area contributed by atoms with Crippen molar-refractivity contribution in [3.8, 4) is 11.6 Å². The third-order valence-corrected chi connectivity index (χ3v) is 4.85. The van der Waals surface area contributed by atoms with E-state index in [1.54, 1.807) is 23.5 Å². The summed E-state index contributed by atoms with van der Waals surface area (Å²) in [5.74, 6) is -0.419. The molecule has 0 amide bonds. The molecule has 7 heteroatoms. The van der Waals surface area contributed by atoms with Gasteiger partial charge in [0.25, 0.3) is 5.56 Å². The molecule has 2 N–H and O–H groups in total. The number of aromatic amines is 1. The second-order valence-corrected chi connectivity index (χ2v) is 6.63. The molecule has 128 valence electrons. The Bertz CT molecular complexity index is 1050. The van der Waals surface area contributed by atoms with E-state index < -0.39 is 17.1 Å². The van der Waals surface area contributed by atoms with Crippen molar-refractivity contribution < 1.29 is 5.11 Å². The number of aryl methyl sites for hydroxylation is 1. The highest BCUT2D eigenvalue weighted by Crippen LogP contribution is 2.21. The standard InChI is InChI=1S/C18H17N3O3S/c1-11-5-3-7-15(12(11)2)21-17(23)14(16(22)20-18(21)24)10-19-9-13-6-4-8-25-13/h3-8,10,23H,9H2,1-2H3,(H,20,22,24). The van der Waals surface area contributed by atoms with E-state index in [1.165, 1.54) is 6.21 Å². The molecule has 0 aliphatic carbocycles. The summed E-state index contributed by atoms with van der Waals surface area (Å²) >= 11 is 1.56. The van der Waals surface area contributed by atoms with Crippen LogP contribution in [-0.4, -0.2) is 20.9 Å². The zero-order chi connectivity index (χ0) is 18.0. The molecule has 0 bridgehead atoms. The number of aliphatic imine (C=N–C) groups is 1. The Morgan fingerprint density at radius 3 is 2.76 bits per heavy atom. The fourth-order valence-electron chi connectivity index (χ4n) is 2.49. The molecule has 0 atom stereocenters. The van der Waals surface area contributed by atoms with Crippen LogP contribution in [0.1, 0.15) is 21.6 Å². The van der Waals surface area contributed by atoms with Gasteiger partial charge in [0.05, 0.1) is 12.2 Å². The van der Waals surface area contributed by atoms with Crippen LogP contribution < -0.4 is 11.2 Å². The van der Waals surface area contributed by atoms with E-state index in [0.717, 1.165) is 20.6 Å². The van der Waals surface area contributed by atoms with Gasteiger partial charge in [0.1, 0.15) is 5.56 Å². The van der Waals surface area contributed by atoms with E-state index in [1.807, 2.05) is 37.4 Å². The first kappa shape index (κ1) is 16.9. The maximum atomic E-state index is 12.2. The van der Waals surface area contributed by atoms with Crippen LogP contribution in [-0.2, 0) is 6.54 Å². The Kier molecular flexibility index (Phi) is 4.67. The number of nitrogens with one attached hydrogen (secondary N) is 1. The van der Waals surface area contributed by atoms with E-state index in [4.69, 9.17) is 0 Å². The van der Waals surface area contributed by atoms with Gasteiger partial charge >= 0.3 is 5.69 Å². The Morgan fingerprint density at radius 2 is 2.04 bits per heavy atom. The third-order valence-electron chi connectivity index (χ3n) is 3.99. The molecule has 0 unspecified atom stereocenters. The zero-order valence-electron chi connectivity index (χ0n) is 13.8. The molecule has 6 nitrogen and oxygen atoms in total. The summed E-state index contributed by atoms with van der Waals surface area (Å²) in [6.07, 6.45) is 1.30. The topological polar surface area (TPSA) is 87.4 Å². The molecular formula is C18H17N3O3S. The van der Waals surface area contributed by atoms with Gasteiger partial charge in [-0.15, -0.1) is 11.3 Å². The van der Waals surface area contributed by atoms with Gasteiger partial charge in [-0.2, -0.15) is 0 Å². The van der Waals surface area contributed by atoms with Crippen LogP contribution in [0, 0.1) is 13.8 Å². The Morgan fingerprint density at radius 1 is 1.24 bits per heavy atom. The van der Waals surface area contributed by atoms with Crippen LogP contribution in [0.5, 0.6) is 5.88 Å². The molecule has 3 aromatic rings. The van der Waals surface area contributed by atoms with Crippen LogP contribution in [0.25, 0.3) is 5.69 Å². The summed E-state index contributed by atoms with van der Waals surface area (Å²) < 4.78 is 1.09. The molecule has 0 aliphatic rings. The van der Waals surface area contributed by atoms with E-state index in [0.29, 0.717) is 12.2 Å². The predicted molar refractivity (Wildman–Crippen MR) is 99.4 cm³/mol. The molecule has 0 saturated carbocycles. The lowest BCUT2D eigenvalue weighted by Crippen LogP contribution is -2.31. The molecule has 25 heavy (non-hydrogen) atoms. The van der Waals surface area contributed by atoms with Gasteiger partial charge in [-0.3, -0.25) is 14.8 Å². The lowest BCUT2D eigenvalue weighted by molar-refractivity contribution is 0.430. The van der Waals surface area contributed by atoms with E-state index in [-0.39, 0.29) is 5.56 Å². The van der Waals surface area contributed by atoms with Crippen molar-refractivity contribution in [2.75, 3.05) is 0 Å². The summed E-state index contributed by atoms with van der Waals surface area (Å²) in [7, 11) is 0. The Labute approximate surface area is 147 Å². The SMILES string of the molecule is Cc1cccc(-n2c(O)c(C=NCc3cccs3)c(=O)[nH]c2=O)c1C. The third kappa shape index (κ3) is 3.32. The average Bonchev–Trinajstić information content (AvgIpc) is 3.07. The lowest BCUT2D eigenvalue weighted by Gasteiger charge is -2.13. The first-order valence-electron chi connectivity index (χ1n) is 7.66. The highest BCUT2D eigenvalue weighted by atomic mass is 32.1. The second kappa shape index (κ2) is 6.90. The van der Waals surface area contributed by atoms with Gasteiger partial charge in [-0.05, 0) is 42.5 Å². The van der Waals surface area contributed by atoms with Crippen molar-refractivity contribution in [1.29, 1.82) is 0 Å². The van der Waals surface area contributed by atoms with Crippen molar-refractivity contribution in [2.24, 2.45) is 4.99 Å². The van der Waals surface area contributed by atoms with E-state index in [9.17, 15) is 14.7 Å². The van der Waals surface area contributed by atoms with Crippen molar-refractivity contribution in [2.45, 2.75) is 20.4 Å². The monoisotopic (exact) mass is 355 g/mol. The number of H-pyrrole nitrogens is 1. The number of hydrogen-bond donors (Lipinski definition) is 2. The first-order valence-corrected chi connectivity index (χ1v) is 8.54. The van der Waals surface area contributed by atoms with Crippen LogP contribution in [0.3, 0.4) is 0 Å². The quantitative estimate of drug-likeness (QED) is 0.705. The molecule has 0 aliphatic heterocycles. The largest absolute Gasteiger partial charge is 0.493 e. The van der Waals surface area contributed by atoms with Crippen molar-refractivity contribution in [3.05, 3.63) is 78.1 Å².